The maximum absolute atomic E-state index is 4.80. The minimum atomic E-state index is 0.410. The summed E-state index contributed by atoms with van der Waals surface area (Å²) in [5.41, 5.74) is 0.466. The first-order valence-corrected chi connectivity index (χ1v) is 10.8. The van der Waals surface area contributed by atoms with Gasteiger partial charge in [0.25, 0.3) is 0 Å². The topological polar surface area (TPSA) is 39.7 Å². The number of hydrogen-bond acceptors (Lipinski definition) is 5. The quantitative estimate of drug-likeness (QED) is 0.821. The van der Waals surface area contributed by atoms with E-state index in [1.165, 1.54) is 38.5 Å². The van der Waals surface area contributed by atoms with Gasteiger partial charge >= 0.3 is 0 Å². The molecular formula is C19H34N4S. The van der Waals surface area contributed by atoms with Crippen molar-refractivity contribution in [1.82, 2.24) is 15.5 Å². The van der Waals surface area contributed by atoms with Gasteiger partial charge in [-0.2, -0.15) is 0 Å². The first-order valence-electron chi connectivity index (χ1n) is 9.81. The van der Waals surface area contributed by atoms with Gasteiger partial charge in [-0.1, -0.05) is 13.8 Å². The second kappa shape index (κ2) is 6.48. The van der Waals surface area contributed by atoms with Gasteiger partial charge in [0.05, 0.1) is 12.5 Å². The average molecular weight is 351 g/mol. The number of nitrogens with one attached hydrogen (secondary N) is 2. The lowest BCUT2D eigenvalue weighted by molar-refractivity contribution is 0.124. The minimum Gasteiger partial charge on any atom is -0.361 e. The van der Waals surface area contributed by atoms with E-state index in [1.54, 1.807) is 0 Å². The molecule has 2 aliphatic carbocycles. The fourth-order valence-corrected chi connectivity index (χ4v) is 7.69. The molecule has 24 heavy (non-hydrogen) atoms. The molecule has 2 aliphatic heterocycles. The van der Waals surface area contributed by atoms with Crippen LogP contribution in [0.25, 0.3) is 0 Å². The van der Waals surface area contributed by atoms with E-state index in [4.69, 9.17) is 4.99 Å². The van der Waals surface area contributed by atoms with Crippen LogP contribution in [0.3, 0.4) is 0 Å². The summed E-state index contributed by atoms with van der Waals surface area (Å²) in [5.74, 6) is 1.45. The summed E-state index contributed by atoms with van der Waals surface area (Å²) in [6, 6.07) is 1.44. The molecule has 4 nitrogen and oxygen atoms in total. The van der Waals surface area contributed by atoms with Crippen molar-refractivity contribution in [1.29, 1.82) is 0 Å². The molecule has 2 heterocycles. The third kappa shape index (κ3) is 3.01. The molecular weight excluding hydrogens is 316 g/mol. The molecule has 3 fully saturated rings. The van der Waals surface area contributed by atoms with Crippen LogP contribution in [0.2, 0.25) is 0 Å². The smallest absolute Gasteiger partial charge is 0.103 e. The van der Waals surface area contributed by atoms with Gasteiger partial charge in [-0.25, -0.2) is 0 Å². The Kier molecular flexibility index (Phi) is 4.63. The maximum atomic E-state index is 4.80. The summed E-state index contributed by atoms with van der Waals surface area (Å²) in [6.07, 6.45) is 10.4. The number of rotatable bonds is 3. The Bertz CT molecular complexity index is 484. The van der Waals surface area contributed by atoms with Crippen LogP contribution in [0.5, 0.6) is 0 Å². The maximum Gasteiger partial charge on any atom is 0.103 e. The number of thioether (sulfide) groups is 1. The van der Waals surface area contributed by atoms with Gasteiger partial charge in [0.1, 0.15) is 5.37 Å². The zero-order valence-corrected chi connectivity index (χ0v) is 16.5. The van der Waals surface area contributed by atoms with Crippen molar-refractivity contribution in [2.24, 2.45) is 22.2 Å². The Morgan fingerprint density at radius 1 is 1.17 bits per heavy atom. The highest BCUT2D eigenvalue weighted by molar-refractivity contribution is 8.00. The first-order chi connectivity index (χ1) is 11.5. The SMILES string of the molecule is CN(C)C1CCC(NC2NC=NC3SC4CCC(C)(C)C4C23)CC1. The molecule has 2 saturated carbocycles. The normalized spacial score (nSPS) is 46.6. The Morgan fingerprint density at radius 3 is 2.62 bits per heavy atom. The van der Waals surface area contributed by atoms with Crippen LogP contribution in [-0.2, 0) is 0 Å². The standard InChI is InChI=1S/C19H34N4S/c1-19(2)10-9-14-16(19)15-17(20-11-21-18(15)24-14)22-12-5-7-13(8-6-12)23(3)4/h11-18,22H,5-10H2,1-4H3,(H,20,21). The molecule has 4 rings (SSSR count). The largest absolute Gasteiger partial charge is 0.361 e. The molecule has 0 bridgehead atoms. The third-order valence-corrected chi connectivity index (χ3v) is 8.73. The van der Waals surface area contributed by atoms with Crippen LogP contribution >= 0.6 is 11.8 Å². The van der Waals surface area contributed by atoms with E-state index in [0.717, 1.165) is 17.2 Å². The first kappa shape index (κ1) is 17.2. The summed E-state index contributed by atoms with van der Waals surface area (Å²) >= 11 is 2.15. The number of hydrogen-bond donors (Lipinski definition) is 2. The molecule has 0 radical (unpaired) electrons. The number of fused-ring (bicyclic) bond motifs is 3. The van der Waals surface area contributed by atoms with Gasteiger partial charge in [-0.05, 0) is 64.0 Å². The summed E-state index contributed by atoms with van der Waals surface area (Å²) in [4.78, 5) is 7.20. The van der Waals surface area contributed by atoms with Crippen LogP contribution in [0, 0.1) is 17.3 Å². The van der Waals surface area contributed by atoms with Gasteiger partial charge in [-0.15, -0.1) is 11.8 Å². The van der Waals surface area contributed by atoms with E-state index >= 15 is 0 Å². The Labute approximate surface area is 151 Å². The van der Waals surface area contributed by atoms with Crippen LogP contribution < -0.4 is 10.6 Å². The molecule has 5 unspecified atom stereocenters. The zero-order valence-electron chi connectivity index (χ0n) is 15.7. The van der Waals surface area contributed by atoms with Gasteiger partial charge < -0.3 is 10.2 Å². The predicted molar refractivity (Wildman–Crippen MR) is 103 cm³/mol. The van der Waals surface area contributed by atoms with Crippen molar-refractivity contribution in [3.8, 4) is 0 Å². The van der Waals surface area contributed by atoms with E-state index in [2.05, 4.69) is 55.2 Å². The molecule has 5 heteroatoms. The summed E-state index contributed by atoms with van der Waals surface area (Å²) < 4.78 is 0. The lowest BCUT2D eigenvalue weighted by Crippen LogP contribution is -2.58. The lowest BCUT2D eigenvalue weighted by atomic mass is 9.72. The monoisotopic (exact) mass is 350 g/mol. The van der Waals surface area contributed by atoms with Gasteiger partial charge in [-0.3, -0.25) is 10.3 Å². The molecule has 1 saturated heterocycles. The molecule has 0 spiro atoms. The van der Waals surface area contributed by atoms with Crippen LogP contribution in [0.1, 0.15) is 52.4 Å². The van der Waals surface area contributed by atoms with Crippen molar-refractivity contribution < 1.29 is 0 Å². The van der Waals surface area contributed by atoms with Crippen molar-refractivity contribution in [3.05, 3.63) is 0 Å². The number of aliphatic imine (C=N–C) groups is 1. The fraction of sp³-hybridized carbons (Fsp3) is 0.947. The molecule has 4 aliphatic rings. The van der Waals surface area contributed by atoms with Gasteiger partial charge in [0.2, 0.25) is 0 Å². The van der Waals surface area contributed by atoms with E-state index in [1.807, 2.05) is 6.34 Å². The van der Waals surface area contributed by atoms with E-state index in [-0.39, 0.29) is 0 Å². The van der Waals surface area contributed by atoms with Crippen molar-refractivity contribution in [2.75, 3.05) is 14.1 Å². The highest BCUT2D eigenvalue weighted by Gasteiger charge is 2.57. The fourth-order valence-electron chi connectivity index (χ4n) is 5.72. The van der Waals surface area contributed by atoms with Gasteiger partial charge in [0.15, 0.2) is 0 Å². The lowest BCUT2D eigenvalue weighted by Gasteiger charge is -2.42. The molecule has 2 N–H and O–H groups in total. The van der Waals surface area contributed by atoms with E-state index in [0.29, 0.717) is 28.9 Å². The molecule has 0 amide bonds. The molecule has 136 valence electrons. The second-order valence-electron chi connectivity index (χ2n) is 9.25. The van der Waals surface area contributed by atoms with Crippen molar-refractivity contribution >= 4 is 18.1 Å². The van der Waals surface area contributed by atoms with Crippen LogP contribution in [0.4, 0.5) is 0 Å². The van der Waals surface area contributed by atoms with Crippen molar-refractivity contribution in [2.45, 2.75) is 81.2 Å². The van der Waals surface area contributed by atoms with Crippen LogP contribution in [0.15, 0.2) is 4.99 Å². The summed E-state index contributed by atoms with van der Waals surface area (Å²) in [7, 11) is 4.44. The highest BCUT2D eigenvalue weighted by Crippen LogP contribution is 2.60. The van der Waals surface area contributed by atoms with Crippen molar-refractivity contribution in [3.63, 3.8) is 0 Å². The third-order valence-electron chi connectivity index (χ3n) is 7.14. The van der Waals surface area contributed by atoms with Gasteiger partial charge in [0, 0.05) is 23.3 Å². The van der Waals surface area contributed by atoms with E-state index in [9.17, 15) is 0 Å². The Morgan fingerprint density at radius 2 is 1.92 bits per heavy atom. The zero-order chi connectivity index (χ0) is 16.9. The average Bonchev–Trinajstić information content (AvgIpc) is 3.06. The predicted octanol–water partition coefficient (Wildman–Crippen LogP) is 2.90. The van der Waals surface area contributed by atoms with Crippen LogP contribution in [-0.4, -0.2) is 54.2 Å². The molecule has 5 atom stereocenters. The summed E-state index contributed by atoms with van der Waals surface area (Å²) in [6.45, 7) is 4.97. The molecule has 0 aromatic rings. The second-order valence-corrected chi connectivity index (χ2v) is 10.6. The Hall–Kier alpha value is -0.260. The molecule has 0 aromatic heterocycles. The van der Waals surface area contributed by atoms with E-state index < -0.39 is 0 Å². The number of nitrogens with zero attached hydrogens (tertiary/aromatic N) is 2. The summed E-state index contributed by atoms with van der Waals surface area (Å²) in [5, 5.41) is 8.89. The Balaban J connectivity index is 1.43. The highest BCUT2D eigenvalue weighted by atomic mass is 32.2. The minimum absolute atomic E-state index is 0.410. The molecule has 0 aromatic carbocycles.